The molecule has 0 bridgehead atoms. The van der Waals surface area contributed by atoms with Crippen LogP contribution < -0.4 is 5.73 Å². The summed E-state index contributed by atoms with van der Waals surface area (Å²) in [5, 5.41) is 34.3. The Kier molecular flexibility index (Phi) is 3.98. The highest BCUT2D eigenvalue weighted by molar-refractivity contribution is 5.78. The van der Waals surface area contributed by atoms with Crippen LogP contribution in [0.2, 0.25) is 0 Å². The summed E-state index contributed by atoms with van der Waals surface area (Å²) in [6.07, 6.45) is -5.36. The summed E-state index contributed by atoms with van der Waals surface area (Å²) in [6, 6.07) is 0. The van der Waals surface area contributed by atoms with Crippen molar-refractivity contribution in [3.63, 3.8) is 0 Å². The Morgan fingerprint density at radius 1 is 1.36 bits per heavy atom. The van der Waals surface area contributed by atoms with E-state index < -0.39 is 30.8 Å². The minimum atomic E-state index is -1.96. The average Bonchev–Trinajstić information content (AvgIpc) is 2.00. The first kappa shape index (κ1) is 10.3. The summed E-state index contributed by atoms with van der Waals surface area (Å²) in [4.78, 5) is 10.1. The van der Waals surface area contributed by atoms with Crippen LogP contribution >= 0.6 is 0 Å². The zero-order valence-corrected chi connectivity index (χ0v) is 5.64. The van der Waals surface area contributed by atoms with Gasteiger partial charge in [0.2, 0.25) is 0 Å². The molecule has 0 spiro atoms. The summed E-state index contributed by atoms with van der Waals surface area (Å²) < 4.78 is 0. The van der Waals surface area contributed by atoms with Crippen molar-refractivity contribution in [3.05, 3.63) is 0 Å². The average molecular weight is 164 g/mol. The lowest BCUT2D eigenvalue weighted by atomic mass is 10.1. The van der Waals surface area contributed by atoms with Crippen molar-refractivity contribution >= 4 is 5.91 Å². The molecular formula is C5H10NO5. The molecule has 0 aliphatic carbocycles. The molecule has 0 aliphatic rings. The zero-order chi connectivity index (χ0) is 9.02. The summed E-state index contributed by atoms with van der Waals surface area (Å²) in [5.41, 5.74) is 6.34. The van der Waals surface area contributed by atoms with Gasteiger partial charge in [-0.1, -0.05) is 0 Å². The molecule has 0 aromatic heterocycles. The van der Waals surface area contributed by atoms with E-state index in [4.69, 9.17) is 26.2 Å². The van der Waals surface area contributed by atoms with E-state index in [9.17, 15) is 4.79 Å². The van der Waals surface area contributed by atoms with Crippen LogP contribution in [0, 0.1) is 0 Å². The Bertz CT molecular complexity index is 139. The van der Waals surface area contributed by atoms with Crippen LogP contribution in [0.3, 0.4) is 0 Å². The van der Waals surface area contributed by atoms with E-state index in [-0.39, 0.29) is 0 Å². The number of hydrogen-bond acceptors (Lipinski definition) is 5. The molecule has 6 heteroatoms. The van der Waals surface area contributed by atoms with Gasteiger partial charge in [0.15, 0.2) is 6.10 Å². The number of nitrogens with one attached hydrogen (secondary N) is 1. The van der Waals surface area contributed by atoms with Crippen molar-refractivity contribution in [2.45, 2.75) is 18.3 Å². The Hall–Kier alpha value is -0.690. The molecule has 0 fully saturated rings. The van der Waals surface area contributed by atoms with Crippen molar-refractivity contribution in [3.8, 4) is 0 Å². The maximum absolute atomic E-state index is 10.1. The van der Waals surface area contributed by atoms with Gasteiger partial charge in [-0.25, -0.2) is 0 Å². The maximum Gasteiger partial charge on any atom is 0.270 e. The number of amides is 1. The molecule has 3 atom stereocenters. The van der Waals surface area contributed by atoms with E-state index in [1.807, 2.05) is 0 Å². The molecule has 0 heterocycles. The van der Waals surface area contributed by atoms with Gasteiger partial charge in [0.05, 0.1) is 6.61 Å². The highest BCUT2D eigenvalue weighted by atomic mass is 16.4. The molecule has 0 unspecified atom stereocenters. The highest BCUT2D eigenvalue weighted by Gasteiger charge is 2.28. The third-order valence-corrected chi connectivity index (χ3v) is 1.17. The largest absolute Gasteiger partial charge is 0.394 e. The number of carbonyl (C=O) groups excluding carboxylic acids is 1. The molecule has 6 nitrogen and oxygen atoms in total. The molecule has 0 aliphatic heterocycles. The number of carbonyl (C=O) groups is 1. The quantitative estimate of drug-likeness (QED) is 0.350. The van der Waals surface area contributed by atoms with Gasteiger partial charge < -0.3 is 20.4 Å². The minimum absolute atomic E-state index is 0.772. The van der Waals surface area contributed by atoms with Crippen molar-refractivity contribution in [1.29, 1.82) is 0 Å². The van der Waals surface area contributed by atoms with Crippen LogP contribution in [0.1, 0.15) is 0 Å². The lowest BCUT2D eigenvalue weighted by Crippen LogP contribution is -2.44. The fourth-order valence-electron chi connectivity index (χ4n) is 0.474. The van der Waals surface area contributed by atoms with Gasteiger partial charge in [-0.2, -0.15) is 0 Å². The third kappa shape index (κ3) is 2.81. The van der Waals surface area contributed by atoms with Crippen LogP contribution in [-0.4, -0.2) is 51.3 Å². The lowest BCUT2D eigenvalue weighted by molar-refractivity contribution is -0.139. The van der Waals surface area contributed by atoms with Gasteiger partial charge >= 0.3 is 0 Å². The molecule has 65 valence electrons. The number of rotatable bonds is 4. The molecule has 1 radical (unpaired) electrons. The first-order chi connectivity index (χ1) is 5.00. The van der Waals surface area contributed by atoms with E-state index in [2.05, 4.69) is 0 Å². The van der Waals surface area contributed by atoms with E-state index in [0.29, 0.717) is 0 Å². The van der Waals surface area contributed by atoms with Crippen LogP contribution in [0.4, 0.5) is 0 Å². The van der Waals surface area contributed by atoms with Crippen molar-refractivity contribution < 1.29 is 25.2 Å². The van der Waals surface area contributed by atoms with Crippen molar-refractivity contribution in [2.75, 3.05) is 6.61 Å². The van der Waals surface area contributed by atoms with Gasteiger partial charge in [0.25, 0.3) is 5.91 Å². The van der Waals surface area contributed by atoms with Crippen LogP contribution in [0.15, 0.2) is 0 Å². The summed E-state index contributed by atoms with van der Waals surface area (Å²) in [5.74, 6) is -1.40. The Morgan fingerprint density at radius 2 is 1.82 bits per heavy atom. The minimum Gasteiger partial charge on any atom is -0.394 e. The standard InChI is InChI=1S/C5H10NO5/c6-5(11)4(10)3(9)2(8)1-7/h2-4,6-10H,1H2/t2-,3+,4-/m1/s1. The molecule has 1 amide bonds. The van der Waals surface area contributed by atoms with E-state index in [1.54, 1.807) is 0 Å². The van der Waals surface area contributed by atoms with E-state index in [0.717, 1.165) is 0 Å². The number of aliphatic hydroxyl groups excluding tert-OH is 4. The topological polar surface area (TPSA) is 122 Å². The van der Waals surface area contributed by atoms with Gasteiger partial charge in [-0.05, 0) is 0 Å². The van der Waals surface area contributed by atoms with Gasteiger partial charge in [-0.15, -0.1) is 0 Å². The first-order valence-electron chi connectivity index (χ1n) is 2.91. The normalized spacial score (nSPS) is 18.9. The van der Waals surface area contributed by atoms with Crippen LogP contribution in [0.5, 0.6) is 0 Å². The van der Waals surface area contributed by atoms with Crippen LogP contribution in [-0.2, 0) is 4.79 Å². The lowest BCUT2D eigenvalue weighted by Gasteiger charge is -2.17. The Morgan fingerprint density at radius 3 is 2.09 bits per heavy atom. The van der Waals surface area contributed by atoms with E-state index >= 15 is 0 Å². The second-order valence-electron chi connectivity index (χ2n) is 2.05. The van der Waals surface area contributed by atoms with Crippen molar-refractivity contribution in [2.24, 2.45) is 0 Å². The van der Waals surface area contributed by atoms with E-state index in [1.165, 1.54) is 0 Å². The van der Waals surface area contributed by atoms with Crippen molar-refractivity contribution in [1.82, 2.24) is 5.73 Å². The summed E-state index contributed by atoms with van der Waals surface area (Å²) >= 11 is 0. The second-order valence-corrected chi connectivity index (χ2v) is 2.05. The second kappa shape index (κ2) is 4.24. The number of hydrogen-bond donors (Lipinski definition) is 4. The molecule has 0 saturated heterocycles. The summed E-state index contributed by atoms with van der Waals surface area (Å²) in [7, 11) is 0. The maximum atomic E-state index is 10.1. The summed E-state index contributed by atoms with van der Waals surface area (Å²) in [6.45, 7) is -0.772. The molecule has 0 aromatic rings. The van der Waals surface area contributed by atoms with Gasteiger partial charge in [-0.3, -0.25) is 10.5 Å². The molecule has 0 saturated carbocycles. The zero-order valence-electron chi connectivity index (χ0n) is 5.64. The first-order valence-corrected chi connectivity index (χ1v) is 2.91. The van der Waals surface area contributed by atoms with Gasteiger partial charge in [0.1, 0.15) is 12.2 Å². The predicted octanol–water partition coefficient (Wildman–Crippen LogP) is -3.13. The molecule has 0 aromatic carbocycles. The van der Waals surface area contributed by atoms with Crippen LogP contribution in [0.25, 0.3) is 0 Å². The Labute approximate surface area is 62.9 Å². The third-order valence-electron chi connectivity index (χ3n) is 1.17. The molecular weight excluding hydrogens is 154 g/mol. The predicted molar refractivity (Wildman–Crippen MR) is 33.2 cm³/mol. The van der Waals surface area contributed by atoms with Gasteiger partial charge in [0, 0.05) is 0 Å². The molecule has 5 N–H and O–H groups in total. The smallest absolute Gasteiger partial charge is 0.270 e. The fraction of sp³-hybridized carbons (Fsp3) is 0.800. The SMILES string of the molecule is [NH]C(=O)[C@H](O)[C@@H](O)[C@H](O)CO. The monoisotopic (exact) mass is 164 g/mol. The fourth-order valence-corrected chi connectivity index (χ4v) is 0.474. The molecule has 0 rings (SSSR count). The number of aliphatic hydroxyl groups is 4. The Balaban J connectivity index is 4.00. The highest BCUT2D eigenvalue weighted by Crippen LogP contribution is 1.98. The molecule has 11 heavy (non-hydrogen) atoms.